The number of amides is 1. The smallest absolute Gasteiger partial charge is 0.253 e. The van der Waals surface area contributed by atoms with E-state index in [2.05, 4.69) is 51.6 Å². The van der Waals surface area contributed by atoms with Crippen LogP contribution in [-0.4, -0.2) is 42.0 Å². The third kappa shape index (κ3) is 3.76. The molecule has 0 radical (unpaired) electrons. The van der Waals surface area contributed by atoms with Gasteiger partial charge in [0.15, 0.2) is 5.43 Å². The van der Waals surface area contributed by atoms with E-state index in [1.165, 1.54) is 0 Å². The second-order valence-electron chi connectivity index (χ2n) is 6.15. The van der Waals surface area contributed by atoms with Crippen LogP contribution in [0.5, 0.6) is 0 Å². The van der Waals surface area contributed by atoms with Crippen LogP contribution < -0.4 is 10.7 Å². The predicted octanol–water partition coefficient (Wildman–Crippen LogP) is 3.36. The fourth-order valence-electron chi connectivity index (χ4n) is 3.12. The van der Waals surface area contributed by atoms with E-state index in [-0.39, 0.29) is 11.3 Å². The lowest BCUT2D eigenvalue weighted by Crippen LogP contribution is -2.35. The first-order chi connectivity index (χ1) is 12.5. The Kier molecular flexibility index (Phi) is 5.93. The number of carbonyl (C=O) groups excluding carboxylic acids is 1. The summed E-state index contributed by atoms with van der Waals surface area (Å²) in [5, 5.41) is 4.14. The molecular weight excluding hydrogens is 439 g/mol. The molecule has 0 unspecified atom stereocenters. The number of fused-ring (bicyclic) bond motifs is 2. The van der Waals surface area contributed by atoms with E-state index >= 15 is 0 Å². The van der Waals surface area contributed by atoms with Gasteiger partial charge in [-0.1, -0.05) is 19.9 Å². The topological polar surface area (TPSA) is 65.2 Å². The standard InChI is InChI=1S/C20H22IN3O2/c1-3-24(4-2)11-10-22-20(26)15-7-5-6-14-18(15)23-17-9-8-13(21)12-16(17)19(14)25/h5-9,12H,3-4,10-11H2,1-2H3,(H,22,26)(H,23,25)/i21-2. The Morgan fingerprint density at radius 3 is 2.65 bits per heavy atom. The van der Waals surface area contributed by atoms with Crippen LogP contribution in [-0.2, 0) is 0 Å². The number of para-hydroxylation sites is 1. The zero-order valence-corrected chi connectivity index (χ0v) is 17.1. The van der Waals surface area contributed by atoms with E-state index in [9.17, 15) is 9.59 Å². The van der Waals surface area contributed by atoms with Crippen LogP contribution in [0.3, 0.4) is 0 Å². The highest BCUT2D eigenvalue weighted by Gasteiger charge is 2.14. The molecular formula is C20H22IN3O2. The van der Waals surface area contributed by atoms with Gasteiger partial charge in [0, 0.05) is 32.9 Å². The van der Waals surface area contributed by atoms with Gasteiger partial charge in [-0.2, -0.15) is 0 Å². The highest BCUT2D eigenvalue weighted by Crippen LogP contribution is 2.20. The number of nitrogens with zero attached hydrogens (tertiary/aromatic N) is 1. The normalized spacial score (nSPS) is 11.4. The Morgan fingerprint density at radius 2 is 1.92 bits per heavy atom. The number of hydrogen-bond donors (Lipinski definition) is 2. The summed E-state index contributed by atoms with van der Waals surface area (Å²) in [6.07, 6.45) is 0. The average molecular weight is 461 g/mol. The van der Waals surface area contributed by atoms with Crippen LogP contribution in [0.1, 0.15) is 24.2 Å². The number of likely N-dealkylation sites (N-methyl/N-ethyl adjacent to an activating group) is 1. The highest BCUT2D eigenvalue weighted by atomic mass is 125. The van der Waals surface area contributed by atoms with Gasteiger partial charge in [0.25, 0.3) is 5.91 Å². The molecule has 0 saturated carbocycles. The van der Waals surface area contributed by atoms with Crippen molar-refractivity contribution < 1.29 is 4.79 Å². The van der Waals surface area contributed by atoms with Crippen LogP contribution in [0, 0.1) is 3.57 Å². The van der Waals surface area contributed by atoms with E-state index in [4.69, 9.17) is 0 Å². The van der Waals surface area contributed by atoms with Gasteiger partial charge in [-0.15, -0.1) is 0 Å². The third-order valence-corrected chi connectivity index (χ3v) is 5.32. The average Bonchev–Trinajstić information content (AvgIpc) is 2.65. The molecule has 1 heterocycles. The van der Waals surface area contributed by atoms with Crippen molar-refractivity contribution in [2.75, 3.05) is 26.2 Å². The monoisotopic (exact) mass is 461 g/mol. The van der Waals surface area contributed by atoms with Gasteiger partial charge in [0.2, 0.25) is 0 Å². The summed E-state index contributed by atoms with van der Waals surface area (Å²) >= 11 is 2.19. The molecule has 0 fully saturated rings. The first kappa shape index (κ1) is 18.8. The lowest BCUT2D eigenvalue weighted by atomic mass is 10.1. The Balaban J connectivity index is 1.96. The molecule has 5 nitrogen and oxygen atoms in total. The second-order valence-corrected chi connectivity index (χ2v) is 7.40. The molecule has 3 aromatic rings. The van der Waals surface area contributed by atoms with Gasteiger partial charge in [-0.25, -0.2) is 0 Å². The lowest BCUT2D eigenvalue weighted by molar-refractivity contribution is 0.0950. The summed E-state index contributed by atoms with van der Waals surface area (Å²) in [6.45, 7) is 7.51. The fraction of sp³-hybridized carbons (Fsp3) is 0.300. The number of rotatable bonds is 6. The summed E-state index contributed by atoms with van der Waals surface area (Å²) in [6, 6.07) is 11.0. The molecule has 6 heteroatoms. The van der Waals surface area contributed by atoms with Crippen molar-refractivity contribution in [1.29, 1.82) is 0 Å². The second kappa shape index (κ2) is 8.18. The minimum atomic E-state index is -0.164. The molecule has 0 saturated heterocycles. The first-order valence-electron chi connectivity index (χ1n) is 8.80. The number of halogens is 1. The Morgan fingerprint density at radius 1 is 1.15 bits per heavy atom. The SMILES string of the molecule is CCN(CC)CCNC(=O)c1cccc2c(=O)c3cc([125I])ccc3[nH]c12. The van der Waals surface area contributed by atoms with Crippen LogP contribution in [0.2, 0.25) is 0 Å². The zero-order valence-electron chi connectivity index (χ0n) is 14.9. The number of aromatic amines is 1. The number of aromatic nitrogens is 1. The number of hydrogen-bond acceptors (Lipinski definition) is 3. The molecule has 136 valence electrons. The van der Waals surface area contributed by atoms with Gasteiger partial charge < -0.3 is 15.2 Å². The summed E-state index contributed by atoms with van der Waals surface area (Å²) in [7, 11) is 0. The summed E-state index contributed by atoms with van der Waals surface area (Å²) < 4.78 is 1.00. The lowest BCUT2D eigenvalue weighted by Gasteiger charge is -2.18. The molecule has 2 N–H and O–H groups in total. The zero-order chi connectivity index (χ0) is 18.7. The molecule has 3 rings (SSSR count). The predicted molar refractivity (Wildman–Crippen MR) is 115 cm³/mol. The Bertz CT molecular complexity index is 1010. The van der Waals surface area contributed by atoms with Crippen LogP contribution in [0.25, 0.3) is 21.8 Å². The van der Waals surface area contributed by atoms with E-state index in [0.717, 1.165) is 28.7 Å². The van der Waals surface area contributed by atoms with E-state index in [1.54, 1.807) is 18.2 Å². The number of H-pyrrole nitrogens is 1. The van der Waals surface area contributed by atoms with Crippen molar-refractivity contribution in [3.05, 3.63) is 55.8 Å². The molecule has 1 aromatic heterocycles. The van der Waals surface area contributed by atoms with Crippen molar-refractivity contribution in [2.45, 2.75) is 13.8 Å². The minimum absolute atomic E-state index is 0.0509. The number of carbonyl (C=O) groups is 1. The molecule has 0 aliphatic rings. The molecule has 0 aliphatic carbocycles. The summed E-state index contributed by atoms with van der Waals surface area (Å²) in [4.78, 5) is 31.0. The summed E-state index contributed by atoms with van der Waals surface area (Å²) in [5.41, 5.74) is 1.78. The minimum Gasteiger partial charge on any atom is -0.354 e. The van der Waals surface area contributed by atoms with Gasteiger partial charge >= 0.3 is 0 Å². The van der Waals surface area contributed by atoms with E-state index in [0.29, 0.717) is 28.4 Å². The van der Waals surface area contributed by atoms with E-state index < -0.39 is 0 Å². The van der Waals surface area contributed by atoms with Crippen LogP contribution in [0.15, 0.2) is 41.2 Å². The molecule has 2 aromatic carbocycles. The van der Waals surface area contributed by atoms with Gasteiger partial charge in [0.05, 0.1) is 11.1 Å². The third-order valence-electron chi connectivity index (χ3n) is 4.65. The molecule has 1 amide bonds. The molecule has 0 atom stereocenters. The molecule has 0 aliphatic heterocycles. The number of nitrogens with one attached hydrogen (secondary N) is 2. The van der Waals surface area contributed by atoms with Gasteiger partial charge in [-0.3, -0.25) is 9.59 Å². The Labute approximate surface area is 165 Å². The maximum absolute atomic E-state index is 12.8. The number of pyridine rings is 1. The van der Waals surface area contributed by atoms with Gasteiger partial charge in [-0.05, 0) is 66.0 Å². The van der Waals surface area contributed by atoms with E-state index in [1.807, 2.05) is 18.2 Å². The van der Waals surface area contributed by atoms with Crippen LogP contribution >= 0.6 is 22.6 Å². The maximum atomic E-state index is 12.8. The highest BCUT2D eigenvalue weighted by molar-refractivity contribution is 14.1. The van der Waals surface area contributed by atoms with Crippen molar-refractivity contribution in [1.82, 2.24) is 15.2 Å². The largest absolute Gasteiger partial charge is 0.354 e. The van der Waals surface area contributed by atoms with Crippen LogP contribution in [0.4, 0.5) is 0 Å². The first-order valence-corrected chi connectivity index (χ1v) is 9.87. The number of benzene rings is 2. The van der Waals surface area contributed by atoms with Crippen molar-refractivity contribution in [3.8, 4) is 0 Å². The van der Waals surface area contributed by atoms with Gasteiger partial charge in [0.1, 0.15) is 0 Å². The molecule has 26 heavy (non-hydrogen) atoms. The maximum Gasteiger partial charge on any atom is 0.253 e. The summed E-state index contributed by atoms with van der Waals surface area (Å²) in [5.74, 6) is -0.164. The molecule has 0 bridgehead atoms. The van der Waals surface area contributed by atoms with Crippen molar-refractivity contribution in [2.24, 2.45) is 0 Å². The Hall–Kier alpha value is -1.93. The quantitative estimate of drug-likeness (QED) is 0.437. The van der Waals surface area contributed by atoms with Crippen molar-refractivity contribution >= 4 is 50.3 Å². The molecule has 0 spiro atoms. The van der Waals surface area contributed by atoms with Crippen molar-refractivity contribution in [3.63, 3.8) is 0 Å². The fourth-order valence-corrected chi connectivity index (χ4v) is 3.61.